The number of esters is 4. The highest BCUT2D eigenvalue weighted by Gasteiger charge is 2.30. The van der Waals surface area contributed by atoms with Gasteiger partial charge in [-0.2, -0.15) is 0 Å². The molecule has 19 heteroatoms. The summed E-state index contributed by atoms with van der Waals surface area (Å²) in [6.07, 6.45) is 36.3. The third kappa shape index (κ3) is 58.2. The highest BCUT2D eigenvalue weighted by Crippen LogP contribution is 2.45. The second-order valence-corrected chi connectivity index (χ2v) is 28.2. The van der Waals surface area contributed by atoms with Gasteiger partial charge in [-0.15, -0.1) is 0 Å². The predicted octanol–water partition coefficient (Wildman–Crippen LogP) is 18.1. The molecule has 4 unspecified atom stereocenters. The van der Waals surface area contributed by atoms with E-state index < -0.39 is 97.5 Å². The molecule has 3 N–H and O–H groups in total. The van der Waals surface area contributed by atoms with Crippen LogP contribution in [0.15, 0.2) is 0 Å². The summed E-state index contributed by atoms with van der Waals surface area (Å²) in [6.45, 7) is 14.0. The molecule has 7 atom stereocenters. The first kappa shape index (κ1) is 83.1. The lowest BCUT2D eigenvalue weighted by atomic mass is 9.99. The lowest BCUT2D eigenvalue weighted by Gasteiger charge is -2.21. The lowest BCUT2D eigenvalue weighted by Crippen LogP contribution is -2.30. The van der Waals surface area contributed by atoms with Gasteiger partial charge in [0.15, 0.2) is 12.2 Å². The second kappa shape index (κ2) is 56.1. The quantitative estimate of drug-likeness (QED) is 0.0222. The van der Waals surface area contributed by atoms with E-state index in [4.69, 9.17) is 37.0 Å². The zero-order chi connectivity index (χ0) is 63.2. The van der Waals surface area contributed by atoms with Crippen LogP contribution in [0.5, 0.6) is 0 Å². The lowest BCUT2D eigenvalue weighted by molar-refractivity contribution is -0.161. The molecular weight excluding hydrogens is 1130 g/mol. The monoisotopic (exact) mass is 1250 g/mol. The molecule has 0 bridgehead atoms. The van der Waals surface area contributed by atoms with E-state index in [0.29, 0.717) is 37.5 Å². The minimum Gasteiger partial charge on any atom is -0.462 e. The van der Waals surface area contributed by atoms with Crippen LogP contribution in [-0.2, 0) is 65.4 Å². The van der Waals surface area contributed by atoms with Crippen molar-refractivity contribution >= 4 is 39.5 Å². The molecule has 0 aromatic heterocycles. The molecule has 0 radical (unpaired) electrons. The van der Waals surface area contributed by atoms with Crippen molar-refractivity contribution in [2.24, 2.45) is 23.7 Å². The topological polar surface area (TPSA) is 237 Å². The van der Waals surface area contributed by atoms with Crippen LogP contribution in [0.2, 0.25) is 0 Å². The Morgan fingerprint density at radius 3 is 0.835 bits per heavy atom. The first-order chi connectivity index (χ1) is 40.7. The van der Waals surface area contributed by atoms with Crippen LogP contribution in [-0.4, -0.2) is 96.7 Å². The van der Waals surface area contributed by atoms with Crippen LogP contribution in [0.1, 0.15) is 319 Å². The molecule has 0 amide bonds. The van der Waals surface area contributed by atoms with E-state index in [1.165, 1.54) is 116 Å². The van der Waals surface area contributed by atoms with Gasteiger partial charge >= 0.3 is 39.5 Å². The van der Waals surface area contributed by atoms with Crippen LogP contribution in [0.25, 0.3) is 0 Å². The van der Waals surface area contributed by atoms with E-state index in [1.807, 2.05) is 0 Å². The van der Waals surface area contributed by atoms with Crippen molar-refractivity contribution in [1.82, 2.24) is 0 Å². The largest absolute Gasteiger partial charge is 0.472 e. The Bertz CT molecular complexity index is 1700. The summed E-state index contributed by atoms with van der Waals surface area (Å²) in [4.78, 5) is 72.3. The van der Waals surface area contributed by atoms with Gasteiger partial charge in [0.25, 0.3) is 0 Å². The van der Waals surface area contributed by atoms with E-state index in [0.717, 1.165) is 108 Å². The summed E-state index contributed by atoms with van der Waals surface area (Å²) >= 11 is 0. The molecule has 0 rings (SSSR count). The molecule has 0 fully saturated rings. The Hall–Kier alpha value is -1.94. The summed E-state index contributed by atoms with van der Waals surface area (Å²) < 4.78 is 68.1. The van der Waals surface area contributed by atoms with Crippen LogP contribution >= 0.6 is 15.6 Å². The van der Waals surface area contributed by atoms with Gasteiger partial charge in [0.1, 0.15) is 19.3 Å². The van der Waals surface area contributed by atoms with Crippen molar-refractivity contribution < 1.29 is 80.2 Å². The Morgan fingerprint density at radius 2 is 0.565 bits per heavy atom. The molecule has 0 aromatic rings. The molecule has 0 aromatic carbocycles. The molecular formula is C66H128O17P2. The van der Waals surface area contributed by atoms with Crippen molar-refractivity contribution in [2.45, 2.75) is 337 Å². The van der Waals surface area contributed by atoms with E-state index >= 15 is 0 Å². The van der Waals surface area contributed by atoms with E-state index in [1.54, 1.807) is 0 Å². The number of aliphatic hydroxyl groups excluding tert-OH is 1. The van der Waals surface area contributed by atoms with Crippen LogP contribution in [0, 0.1) is 23.7 Å². The highest BCUT2D eigenvalue weighted by molar-refractivity contribution is 7.47. The maximum Gasteiger partial charge on any atom is 0.472 e. The number of carbonyl (C=O) groups excluding carboxylic acids is 4. The molecule has 17 nitrogen and oxygen atoms in total. The molecule has 504 valence electrons. The van der Waals surface area contributed by atoms with Crippen molar-refractivity contribution in [1.29, 1.82) is 0 Å². The molecule has 0 aliphatic heterocycles. The molecule has 0 spiro atoms. The van der Waals surface area contributed by atoms with Crippen LogP contribution in [0.3, 0.4) is 0 Å². The van der Waals surface area contributed by atoms with Crippen molar-refractivity contribution in [3.05, 3.63) is 0 Å². The van der Waals surface area contributed by atoms with Crippen molar-refractivity contribution in [3.8, 4) is 0 Å². The number of hydrogen-bond acceptors (Lipinski definition) is 15. The molecule has 85 heavy (non-hydrogen) atoms. The van der Waals surface area contributed by atoms with E-state index in [-0.39, 0.29) is 25.7 Å². The second-order valence-electron chi connectivity index (χ2n) is 25.3. The first-order valence-corrected chi connectivity index (χ1v) is 37.3. The molecule has 0 saturated heterocycles. The third-order valence-electron chi connectivity index (χ3n) is 15.8. The summed E-state index contributed by atoms with van der Waals surface area (Å²) in [7, 11) is -9.89. The van der Waals surface area contributed by atoms with Crippen LogP contribution in [0.4, 0.5) is 0 Å². The van der Waals surface area contributed by atoms with Crippen molar-refractivity contribution in [2.75, 3.05) is 39.6 Å². The number of phosphoric ester groups is 2. The molecule has 0 aliphatic rings. The zero-order valence-electron chi connectivity index (χ0n) is 55.2. The minimum absolute atomic E-state index is 0.102. The summed E-state index contributed by atoms with van der Waals surface area (Å²) in [6, 6.07) is 0. The number of aliphatic hydroxyl groups is 1. The first-order valence-electron chi connectivity index (χ1n) is 34.3. The fourth-order valence-electron chi connectivity index (χ4n) is 9.72. The van der Waals surface area contributed by atoms with Gasteiger partial charge in [-0.25, -0.2) is 9.13 Å². The van der Waals surface area contributed by atoms with Gasteiger partial charge in [0, 0.05) is 25.7 Å². The van der Waals surface area contributed by atoms with Gasteiger partial charge in [-0.1, -0.05) is 267 Å². The number of phosphoric acid groups is 2. The van der Waals surface area contributed by atoms with Gasteiger partial charge in [0.2, 0.25) is 0 Å². The molecule has 0 saturated carbocycles. The fraction of sp³-hybridized carbons (Fsp3) is 0.939. The van der Waals surface area contributed by atoms with E-state index in [2.05, 4.69) is 55.4 Å². The Kier molecular flexibility index (Phi) is 54.8. The number of hydrogen-bond donors (Lipinski definition) is 3. The maximum absolute atomic E-state index is 13.0. The van der Waals surface area contributed by atoms with Gasteiger partial charge in [-0.05, 0) is 49.4 Å². The number of ether oxygens (including phenoxy) is 4. The maximum atomic E-state index is 13.0. The zero-order valence-corrected chi connectivity index (χ0v) is 57.0. The average molecular weight is 1260 g/mol. The van der Waals surface area contributed by atoms with Gasteiger partial charge in [0.05, 0.1) is 26.4 Å². The normalized spacial score (nSPS) is 15.0. The smallest absolute Gasteiger partial charge is 0.462 e. The number of unbranched alkanes of at least 4 members (excludes halogenated alkanes) is 27. The third-order valence-corrected chi connectivity index (χ3v) is 17.7. The minimum atomic E-state index is -4.95. The fourth-order valence-corrected chi connectivity index (χ4v) is 11.3. The highest BCUT2D eigenvalue weighted by atomic mass is 31.2. The molecule has 0 heterocycles. The standard InChI is InChI=1S/C66H128O17P2/c1-9-58(7)44-36-28-19-13-11-12-14-21-30-38-46-63(68)76-52-61(82-65(70)48-40-32-22-16-15-20-29-37-45-59(8)10-2)54-80-84(72,73)78-50-60(67)51-79-85(74,75)81-55-62(53-77-64(69)47-39-31-25-24-27-35-43-57(5)6)83-66(71)49-41-33-23-17-18-26-34-42-56(3)4/h56-62,67H,9-55H2,1-8H3,(H,72,73)(H,74,75)/t58?,59?,60-,61-,62-/m1/s1. The molecule has 0 aliphatic carbocycles. The van der Waals surface area contributed by atoms with E-state index in [9.17, 15) is 43.2 Å². The average Bonchev–Trinajstić information content (AvgIpc) is 3.49. The van der Waals surface area contributed by atoms with Gasteiger partial charge in [-0.3, -0.25) is 37.3 Å². The summed E-state index contributed by atoms with van der Waals surface area (Å²) in [5, 5.41) is 10.5. The Morgan fingerprint density at radius 1 is 0.329 bits per heavy atom. The van der Waals surface area contributed by atoms with Gasteiger partial charge < -0.3 is 33.8 Å². The van der Waals surface area contributed by atoms with Crippen LogP contribution < -0.4 is 0 Å². The Balaban J connectivity index is 5.25. The number of carbonyl (C=O) groups is 4. The predicted molar refractivity (Wildman–Crippen MR) is 340 cm³/mol. The summed E-state index contributed by atoms with van der Waals surface area (Å²) in [5.41, 5.74) is 0. The van der Waals surface area contributed by atoms with Crippen molar-refractivity contribution in [3.63, 3.8) is 0 Å². The number of rotatable bonds is 63. The Labute approximate surface area is 517 Å². The summed E-state index contributed by atoms with van der Waals surface area (Å²) in [5.74, 6) is 0.814. The SMILES string of the molecule is CCC(C)CCCCCCCCCCCCC(=O)OC[C@H](COP(=O)(O)OC[C@@H](O)COP(=O)(O)OC[C@@H](COC(=O)CCCCCCCCC(C)C)OC(=O)CCCCCCCCCC(C)C)OC(=O)CCCCCCCCCCC(C)CC.